The highest BCUT2D eigenvalue weighted by atomic mass is 32.1. The number of methoxy groups -OCH3 is 1. The number of nitrogens with zero attached hydrogens (tertiary/aromatic N) is 3. The van der Waals surface area contributed by atoms with Gasteiger partial charge in [0, 0.05) is 44.0 Å². The van der Waals surface area contributed by atoms with Gasteiger partial charge in [-0.1, -0.05) is 12.1 Å². The molecule has 0 amide bonds. The van der Waals surface area contributed by atoms with Gasteiger partial charge in [0.1, 0.15) is 5.75 Å². The lowest BCUT2D eigenvalue weighted by atomic mass is 10.1. The van der Waals surface area contributed by atoms with E-state index in [9.17, 15) is 0 Å². The van der Waals surface area contributed by atoms with E-state index in [0.717, 1.165) is 63.0 Å². The van der Waals surface area contributed by atoms with Gasteiger partial charge in [0.05, 0.1) is 23.5 Å². The largest absolute Gasteiger partial charge is 0.495 e. The molecule has 2 aromatic rings. The number of guanidine groups is 1. The van der Waals surface area contributed by atoms with Crippen molar-refractivity contribution in [2.24, 2.45) is 10.9 Å². The van der Waals surface area contributed by atoms with Gasteiger partial charge in [-0.25, -0.2) is 4.98 Å². The number of para-hydroxylation sites is 2. The molecule has 1 aromatic carbocycles. The van der Waals surface area contributed by atoms with Gasteiger partial charge >= 0.3 is 0 Å². The summed E-state index contributed by atoms with van der Waals surface area (Å²) in [6.07, 6.45) is 2.08. The van der Waals surface area contributed by atoms with Crippen molar-refractivity contribution in [1.29, 1.82) is 0 Å². The third-order valence-corrected chi connectivity index (χ3v) is 6.40. The summed E-state index contributed by atoms with van der Waals surface area (Å²) in [6.45, 7) is 10.9. The van der Waals surface area contributed by atoms with Crippen molar-refractivity contribution >= 4 is 23.0 Å². The first-order valence-corrected chi connectivity index (χ1v) is 11.3. The van der Waals surface area contributed by atoms with Gasteiger partial charge in [0.25, 0.3) is 0 Å². The van der Waals surface area contributed by atoms with E-state index in [0.29, 0.717) is 5.92 Å². The lowest BCUT2D eigenvalue weighted by molar-refractivity contribution is 0.414. The number of aliphatic imine (C=N–C) groups is 1. The summed E-state index contributed by atoms with van der Waals surface area (Å²) in [5.41, 5.74) is 2.33. The second-order valence-electron chi connectivity index (χ2n) is 7.42. The summed E-state index contributed by atoms with van der Waals surface area (Å²) in [5.74, 6) is 2.40. The second-order valence-corrected chi connectivity index (χ2v) is 8.71. The first-order chi connectivity index (χ1) is 14.1. The number of hydrogen-bond acceptors (Lipinski definition) is 5. The molecule has 0 bridgehead atoms. The molecule has 0 radical (unpaired) electrons. The molecule has 1 fully saturated rings. The zero-order valence-corrected chi connectivity index (χ0v) is 18.8. The van der Waals surface area contributed by atoms with Crippen molar-refractivity contribution in [3.8, 4) is 5.75 Å². The number of nitrogens with one attached hydrogen (secondary N) is 2. The first kappa shape index (κ1) is 21.4. The molecule has 0 aliphatic carbocycles. The number of benzene rings is 1. The fourth-order valence-electron chi connectivity index (χ4n) is 3.59. The summed E-state index contributed by atoms with van der Waals surface area (Å²) in [5, 5.41) is 8.00. The smallest absolute Gasteiger partial charge is 0.191 e. The Morgan fingerprint density at radius 2 is 2.14 bits per heavy atom. The Morgan fingerprint density at radius 3 is 2.86 bits per heavy atom. The molecule has 0 spiro atoms. The molecule has 0 saturated carbocycles. The van der Waals surface area contributed by atoms with Gasteiger partial charge in [-0.15, -0.1) is 11.3 Å². The monoisotopic (exact) mass is 415 g/mol. The molecule has 1 atom stereocenters. The minimum absolute atomic E-state index is 0.555. The highest BCUT2D eigenvalue weighted by Crippen LogP contribution is 2.31. The average Bonchev–Trinajstić information content (AvgIpc) is 3.32. The van der Waals surface area contributed by atoms with Crippen molar-refractivity contribution in [3.05, 3.63) is 39.8 Å². The Hall–Kier alpha value is -2.28. The van der Waals surface area contributed by atoms with Crippen LogP contribution in [0.2, 0.25) is 0 Å². The maximum Gasteiger partial charge on any atom is 0.191 e. The number of aryl methyl sites for hydroxylation is 2. The molecule has 29 heavy (non-hydrogen) atoms. The van der Waals surface area contributed by atoms with E-state index in [1.165, 1.54) is 15.6 Å². The molecule has 7 heteroatoms. The minimum Gasteiger partial charge on any atom is -0.495 e. The van der Waals surface area contributed by atoms with Crippen LogP contribution in [-0.2, 0) is 6.42 Å². The Balaban J connectivity index is 1.50. The topological polar surface area (TPSA) is 61.8 Å². The van der Waals surface area contributed by atoms with E-state index in [-0.39, 0.29) is 0 Å². The van der Waals surface area contributed by atoms with Crippen LogP contribution in [-0.4, -0.2) is 50.8 Å². The molecule has 1 aliphatic heterocycles. The average molecular weight is 416 g/mol. The SMILES string of the molecule is CCNC(=NCC1CCN(c2ccccc2OC)C1)NCCc1nc(C)c(C)s1. The number of aromatic nitrogens is 1. The molecule has 1 aromatic heterocycles. The summed E-state index contributed by atoms with van der Waals surface area (Å²) in [6, 6.07) is 8.25. The fourth-order valence-corrected chi connectivity index (χ4v) is 4.52. The Labute approximate surface area is 178 Å². The van der Waals surface area contributed by atoms with Crippen molar-refractivity contribution in [3.63, 3.8) is 0 Å². The normalized spacial score (nSPS) is 16.9. The summed E-state index contributed by atoms with van der Waals surface area (Å²) in [4.78, 5) is 13.2. The zero-order valence-electron chi connectivity index (χ0n) is 18.0. The Bertz CT molecular complexity index is 800. The quantitative estimate of drug-likeness (QED) is 0.511. The highest BCUT2D eigenvalue weighted by Gasteiger charge is 2.24. The van der Waals surface area contributed by atoms with Crippen LogP contribution >= 0.6 is 11.3 Å². The van der Waals surface area contributed by atoms with Crippen LogP contribution in [0.25, 0.3) is 0 Å². The molecule has 3 rings (SSSR count). The lowest BCUT2D eigenvalue weighted by Gasteiger charge is -2.21. The van der Waals surface area contributed by atoms with Crippen molar-refractivity contribution in [2.75, 3.05) is 44.7 Å². The highest BCUT2D eigenvalue weighted by molar-refractivity contribution is 7.11. The molecular formula is C22H33N5OS. The fraction of sp³-hybridized carbons (Fsp3) is 0.545. The summed E-state index contributed by atoms with van der Waals surface area (Å²) < 4.78 is 5.52. The van der Waals surface area contributed by atoms with Crippen LogP contribution in [0, 0.1) is 19.8 Å². The van der Waals surface area contributed by atoms with Crippen LogP contribution in [0.5, 0.6) is 5.75 Å². The van der Waals surface area contributed by atoms with Crippen molar-refractivity contribution < 1.29 is 4.74 Å². The number of hydrogen-bond donors (Lipinski definition) is 2. The van der Waals surface area contributed by atoms with Gasteiger partial charge in [-0.2, -0.15) is 0 Å². The standard InChI is InChI=1S/C22H33N5OS/c1-5-23-22(24-12-10-21-26-16(2)17(3)29-21)25-14-18-11-13-27(15-18)19-8-6-7-9-20(19)28-4/h6-9,18H,5,10-15H2,1-4H3,(H2,23,24,25). The van der Waals surface area contributed by atoms with Crippen LogP contribution in [0.1, 0.15) is 28.9 Å². The van der Waals surface area contributed by atoms with E-state index >= 15 is 0 Å². The predicted molar refractivity (Wildman–Crippen MR) is 123 cm³/mol. The molecular weight excluding hydrogens is 382 g/mol. The van der Waals surface area contributed by atoms with E-state index < -0.39 is 0 Å². The van der Waals surface area contributed by atoms with Crippen molar-refractivity contribution in [1.82, 2.24) is 15.6 Å². The molecule has 1 aliphatic rings. The number of thiazole rings is 1. The predicted octanol–water partition coefficient (Wildman–Crippen LogP) is 3.39. The van der Waals surface area contributed by atoms with Gasteiger partial charge in [-0.05, 0) is 45.2 Å². The third-order valence-electron chi connectivity index (χ3n) is 5.27. The van der Waals surface area contributed by atoms with Crippen LogP contribution in [0.4, 0.5) is 5.69 Å². The van der Waals surface area contributed by atoms with E-state index in [4.69, 9.17) is 9.73 Å². The maximum absolute atomic E-state index is 5.52. The zero-order chi connectivity index (χ0) is 20.6. The number of ether oxygens (including phenoxy) is 1. The van der Waals surface area contributed by atoms with Gasteiger partial charge < -0.3 is 20.3 Å². The number of rotatable bonds is 8. The van der Waals surface area contributed by atoms with Gasteiger partial charge in [0.15, 0.2) is 5.96 Å². The second kappa shape index (κ2) is 10.5. The Kier molecular flexibility index (Phi) is 7.75. The van der Waals surface area contributed by atoms with Crippen LogP contribution in [0.3, 0.4) is 0 Å². The maximum atomic E-state index is 5.52. The molecule has 2 N–H and O–H groups in total. The molecule has 1 saturated heterocycles. The van der Waals surface area contributed by atoms with E-state index in [1.54, 1.807) is 18.4 Å². The summed E-state index contributed by atoms with van der Waals surface area (Å²) >= 11 is 1.79. The molecule has 1 unspecified atom stereocenters. The Morgan fingerprint density at radius 1 is 1.31 bits per heavy atom. The number of anilines is 1. The first-order valence-electron chi connectivity index (χ1n) is 10.4. The molecule has 6 nitrogen and oxygen atoms in total. The summed E-state index contributed by atoms with van der Waals surface area (Å²) in [7, 11) is 1.74. The van der Waals surface area contributed by atoms with Crippen LogP contribution in [0.15, 0.2) is 29.3 Å². The third kappa shape index (κ3) is 5.85. The molecule has 2 heterocycles. The van der Waals surface area contributed by atoms with Crippen LogP contribution < -0.4 is 20.3 Å². The van der Waals surface area contributed by atoms with E-state index in [2.05, 4.69) is 53.4 Å². The molecule has 158 valence electrons. The van der Waals surface area contributed by atoms with E-state index in [1.807, 2.05) is 12.1 Å². The van der Waals surface area contributed by atoms with Gasteiger partial charge in [0.2, 0.25) is 0 Å². The van der Waals surface area contributed by atoms with Crippen molar-refractivity contribution in [2.45, 2.75) is 33.6 Å². The minimum atomic E-state index is 0.555. The lowest BCUT2D eigenvalue weighted by Crippen LogP contribution is -2.38. The van der Waals surface area contributed by atoms with Gasteiger partial charge in [-0.3, -0.25) is 4.99 Å².